The zero-order chi connectivity index (χ0) is 20.1. The topological polar surface area (TPSA) is 54.3 Å². The summed E-state index contributed by atoms with van der Waals surface area (Å²) in [5, 5.41) is 7.65. The number of hydrogen-bond acceptors (Lipinski definition) is 4. The molecule has 0 bridgehead atoms. The first-order valence-electron chi connectivity index (χ1n) is 10.3. The lowest BCUT2D eigenvalue weighted by Crippen LogP contribution is -2.54. The van der Waals surface area contributed by atoms with Crippen LogP contribution >= 0.6 is 0 Å². The van der Waals surface area contributed by atoms with Gasteiger partial charge in [0.05, 0.1) is 0 Å². The molecule has 0 aliphatic carbocycles. The van der Waals surface area contributed by atoms with Crippen molar-refractivity contribution in [1.82, 2.24) is 24.6 Å². The zero-order valence-corrected chi connectivity index (χ0v) is 16.8. The molecule has 1 aliphatic heterocycles. The molecule has 1 atom stereocenters. The van der Waals surface area contributed by atoms with Gasteiger partial charge in [-0.25, -0.2) is 0 Å². The zero-order valence-electron chi connectivity index (χ0n) is 16.8. The molecule has 0 saturated carbocycles. The number of amides is 1. The van der Waals surface area contributed by atoms with Crippen molar-refractivity contribution in [2.75, 3.05) is 19.6 Å². The molecule has 1 fully saturated rings. The van der Waals surface area contributed by atoms with Crippen LogP contribution in [0, 0.1) is 0 Å². The number of carbonyl (C=O) groups is 1. The summed E-state index contributed by atoms with van der Waals surface area (Å²) in [6.45, 7) is 5.61. The summed E-state index contributed by atoms with van der Waals surface area (Å²) in [5.41, 5.74) is 3.01. The summed E-state index contributed by atoms with van der Waals surface area (Å²) in [6.07, 6.45) is 5.52. The highest BCUT2D eigenvalue weighted by molar-refractivity contribution is 5.94. The predicted octanol–water partition coefficient (Wildman–Crippen LogP) is 3.39. The van der Waals surface area contributed by atoms with E-state index in [0.29, 0.717) is 6.04 Å². The van der Waals surface area contributed by atoms with Crippen LogP contribution in [0.5, 0.6) is 0 Å². The van der Waals surface area contributed by atoms with Crippen molar-refractivity contribution in [3.8, 4) is 5.69 Å². The van der Waals surface area contributed by atoms with Crippen LogP contribution in [0.3, 0.4) is 0 Å². The van der Waals surface area contributed by atoms with Crippen molar-refractivity contribution in [2.45, 2.75) is 32.4 Å². The van der Waals surface area contributed by atoms with E-state index in [1.54, 1.807) is 12.7 Å². The summed E-state index contributed by atoms with van der Waals surface area (Å²) in [5.74, 6) is 0.112. The fraction of sp³-hybridized carbons (Fsp3) is 0.348. The van der Waals surface area contributed by atoms with Crippen LogP contribution in [0.1, 0.15) is 35.7 Å². The number of benzene rings is 2. The maximum Gasteiger partial charge on any atom is 0.253 e. The minimum Gasteiger partial charge on any atom is -0.336 e. The molecule has 0 N–H and O–H groups in total. The minimum absolute atomic E-state index is 0.112. The van der Waals surface area contributed by atoms with E-state index in [9.17, 15) is 4.79 Å². The lowest BCUT2D eigenvalue weighted by Gasteiger charge is -2.41. The quantitative estimate of drug-likeness (QED) is 0.648. The number of hydrogen-bond donors (Lipinski definition) is 0. The van der Waals surface area contributed by atoms with E-state index >= 15 is 0 Å². The molecule has 2 aromatic carbocycles. The van der Waals surface area contributed by atoms with Crippen LogP contribution in [0.2, 0.25) is 0 Å². The third kappa shape index (κ3) is 4.54. The molecular weight excluding hydrogens is 362 g/mol. The molecule has 1 amide bonds. The van der Waals surface area contributed by atoms with Gasteiger partial charge in [0.25, 0.3) is 5.91 Å². The van der Waals surface area contributed by atoms with E-state index in [-0.39, 0.29) is 5.91 Å². The molecule has 0 unspecified atom stereocenters. The molecule has 0 spiro atoms. The Bertz CT molecular complexity index is 908. The number of rotatable bonds is 6. The molecule has 0 radical (unpaired) electrons. The van der Waals surface area contributed by atoms with Gasteiger partial charge in [0.15, 0.2) is 0 Å². The van der Waals surface area contributed by atoms with Gasteiger partial charge in [-0.2, -0.15) is 0 Å². The second kappa shape index (κ2) is 9.01. The van der Waals surface area contributed by atoms with Gasteiger partial charge in [-0.05, 0) is 36.2 Å². The van der Waals surface area contributed by atoms with Gasteiger partial charge in [0, 0.05) is 43.5 Å². The standard InChI is InChI=1S/C23H27N5O/c1-2-6-22-16-27(14-13-26(22)15-19-7-4-3-5-8-19)23(29)20-9-11-21(12-10-20)28-17-24-25-18-28/h3-5,7-12,17-18,22H,2,6,13-16H2,1H3/t22-/m1/s1. The van der Waals surface area contributed by atoms with Crippen LogP contribution in [0.4, 0.5) is 0 Å². The average molecular weight is 390 g/mol. The second-order valence-corrected chi connectivity index (χ2v) is 7.57. The Morgan fingerprint density at radius 1 is 1.00 bits per heavy atom. The van der Waals surface area contributed by atoms with Crippen molar-refractivity contribution < 1.29 is 4.79 Å². The lowest BCUT2D eigenvalue weighted by atomic mass is 10.0. The van der Waals surface area contributed by atoms with Gasteiger partial charge in [0.1, 0.15) is 12.7 Å². The van der Waals surface area contributed by atoms with Gasteiger partial charge < -0.3 is 4.90 Å². The van der Waals surface area contributed by atoms with Crippen LogP contribution in [0.15, 0.2) is 67.3 Å². The molecule has 29 heavy (non-hydrogen) atoms. The maximum absolute atomic E-state index is 13.1. The Morgan fingerprint density at radius 3 is 2.41 bits per heavy atom. The molecule has 6 heteroatoms. The lowest BCUT2D eigenvalue weighted by molar-refractivity contribution is 0.0438. The summed E-state index contributed by atoms with van der Waals surface area (Å²) >= 11 is 0. The van der Waals surface area contributed by atoms with Gasteiger partial charge in [-0.15, -0.1) is 10.2 Å². The van der Waals surface area contributed by atoms with Crippen LogP contribution in [0.25, 0.3) is 5.69 Å². The first kappa shape index (κ1) is 19.3. The Kier molecular flexibility index (Phi) is 6.00. The third-order valence-electron chi connectivity index (χ3n) is 5.57. The third-order valence-corrected chi connectivity index (χ3v) is 5.57. The van der Waals surface area contributed by atoms with Gasteiger partial charge >= 0.3 is 0 Å². The fourth-order valence-corrected chi connectivity index (χ4v) is 4.00. The fourth-order valence-electron chi connectivity index (χ4n) is 4.00. The summed E-state index contributed by atoms with van der Waals surface area (Å²) in [6, 6.07) is 18.6. The molecular formula is C23H27N5O. The highest BCUT2D eigenvalue weighted by Crippen LogP contribution is 2.20. The Hall–Kier alpha value is -2.99. The molecule has 1 saturated heterocycles. The first-order chi connectivity index (χ1) is 14.2. The van der Waals surface area contributed by atoms with E-state index in [2.05, 4.69) is 52.4 Å². The largest absolute Gasteiger partial charge is 0.336 e. The van der Waals surface area contributed by atoms with Crippen molar-refractivity contribution in [2.24, 2.45) is 0 Å². The SMILES string of the molecule is CCC[C@@H]1CN(C(=O)c2ccc(-n3cnnc3)cc2)CCN1Cc1ccccc1. The molecule has 2 heterocycles. The smallest absolute Gasteiger partial charge is 0.253 e. The Morgan fingerprint density at radius 2 is 1.72 bits per heavy atom. The molecule has 3 aromatic rings. The molecule has 150 valence electrons. The monoisotopic (exact) mass is 389 g/mol. The number of piperazine rings is 1. The Balaban J connectivity index is 1.43. The second-order valence-electron chi connectivity index (χ2n) is 7.57. The Labute approximate surface area is 171 Å². The summed E-state index contributed by atoms with van der Waals surface area (Å²) in [7, 11) is 0. The van der Waals surface area contributed by atoms with E-state index in [0.717, 1.165) is 50.3 Å². The van der Waals surface area contributed by atoms with Crippen molar-refractivity contribution in [1.29, 1.82) is 0 Å². The van der Waals surface area contributed by atoms with E-state index in [1.807, 2.05) is 33.7 Å². The number of carbonyl (C=O) groups excluding carboxylic acids is 1. The van der Waals surface area contributed by atoms with Gasteiger partial charge in [-0.1, -0.05) is 43.7 Å². The maximum atomic E-state index is 13.1. The summed E-state index contributed by atoms with van der Waals surface area (Å²) in [4.78, 5) is 17.6. The van der Waals surface area contributed by atoms with Crippen molar-refractivity contribution in [3.63, 3.8) is 0 Å². The van der Waals surface area contributed by atoms with Crippen LogP contribution < -0.4 is 0 Å². The molecule has 4 rings (SSSR count). The van der Waals surface area contributed by atoms with Crippen LogP contribution in [-0.2, 0) is 6.54 Å². The van der Waals surface area contributed by atoms with Gasteiger partial charge in [0.2, 0.25) is 0 Å². The van der Waals surface area contributed by atoms with Crippen LogP contribution in [-0.4, -0.2) is 56.1 Å². The first-order valence-corrected chi connectivity index (χ1v) is 10.3. The normalized spacial score (nSPS) is 17.4. The molecule has 6 nitrogen and oxygen atoms in total. The number of nitrogens with zero attached hydrogens (tertiary/aromatic N) is 5. The number of aromatic nitrogens is 3. The molecule has 1 aliphatic rings. The average Bonchev–Trinajstić information content (AvgIpc) is 3.30. The predicted molar refractivity (Wildman–Crippen MR) is 113 cm³/mol. The van der Waals surface area contributed by atoms with E-state index in [1.165, 1.54) is 5.56 Å². The minimum atomic E-state index is 0.112. The highest BCUT2D eigenvalue weighted by Gasteiger charge is 2.29. The van der Waals surface area contributed by atoms with Crippen molar-refractivity contribution >= 4 is 5.91 Å². The van der Waals surface area contributed by atoms with Crippen molar-refractivity contribution in [3.05, 3.63) is 78.4 Å². The van der Waals surface area contributed by atoms with E-state index in [4.69, 9.17) is 0 Å². The van der Waals surface area contributed by atoms with Gasteiger partial charge in [-0.3, -0.25) is 14.3 Å². The van der Waals surface area contributed by atoms with E-state index < -0.39 is 0 Å². The molecule has 1 aromatic heterocycles. The highest BCUT2D eigenvalue weighted by atomic mass is 16.2. The summed E-state index contributed by atoms with van der Waals surface area (Å²) < 4.78 is 1.83.